The highest BCUT2D eigenvalue weighted by molar-refractivity contribution is 8.00. The minimum Gasteiger partial charge on any atom is -0.410 e. The maximum Gasteiger partial charge on any atom is 0.277 e. The number of thioether (sulfide) groups is 1. The fraction of sp³-hybridized carbons (Fsp3) is 0.350. The quantitative estimate of drug-likeness (QED) is 0.579. The van der Waals surface area contributed by atoms with Gasteiger partial charge in [-0.3, -0.25) is 4.79 Å². The van der Waals surface area contributed by atoms with Crippen molar-refractivity contribution in [1.82, 2.24) is 10.2 Å². The highest BCUT2D eigenvalue weighted by Gasteiger charge is 2.22. The fourth-order valence-electron chi connectivity index (χ4n) is 3.15. The molecule has 2 heterocycles. The van der Waals surface area contributed by atoms with Crippen LogP contribution in [-0.2, 0) is 17.6 Å². The second-order valence-corrected chi connectivity index (χ2v) is 9.47. The number of benzene rings is 1. The Morgan fingerprint density at radius 3 is 2.93 bits per heavy atom. The third-order valence-electron chi connectivity index (χ3n) is 4.71. The zero-order valence-electron chi connectivity index (χ0n) is 15.6. The minimum absolute atomic E-state index is 0.211. The Hall–Kier alpha value is -2.19. The van der Waals surface area contributed by atoms with Crippen LogP contribution in [-0.4, -0.2) is 21.4 Å². The molecule has 1 amide bonds. The van der Waals surface area contributed by atoms with Gasteiger partial charge >= 0.3 is 0 Å². The van der Waals surface area contributed by atoms with Crippen molar-refractivity contribution in [1.29, 1.82) is 0 Å². The van der Waals surface area contributed by atoms with Gasteiger partial charge in [0.05, 0.1) is 10.1 Å². The van der Waals surface area contributed by atoms with E-state index in [0.717, 1.165) is 17.7 Å². The SMILES string of the molecule is C[C@H]1CCc2sc(-c3nnc(S[C@H](C)C(=O)Nc4ccc(F)cc4)o3)cc2C1. The number of thiophene rings is 1. The summed E-state index contributed by atoms with van der Waals surface area (Å²) in [6.07, 6.45) is 3.43. The Kier molecular flexibility index (Phi) is 5.50. The summed E-state index contributed by atoms with van der Waals surface area (Å²) in [5.74, 6) is 0.658. The largest absolute Gasteiger partial charge is 0.410 e. The summed E-state index contributed by atoms with van der Waals surface area (Å²) in [6, 6.07) is 7.81. The Morgan fingerprint density at radius 1 is 1.36 bits per heavy atom. The van der Waals surface area contributed by atoms with E-state index in [-0.39, 0.29) is 11.7 Å². The molecular formula is C20H20FN3O2S2. The lowest BCUT2D eigenvalue weighted by Crippen LogP contribution is -2.22. The first kappa shape index (κ1) is 19.1. The maximum atomic E-state index is 13.0. The molecule has 5 nitrogen and oxygen atoms in total. The molecule has 1 aliphatic carbocycles. The molecular weight excluding hydrogens is 397 g/mol. The second-order valence-electron chi connectivity index (χ2n) is 7.04. The first-order valence-corrected chi connectivity index (χ1v) is 10.9. The first-order valence-electron chi connectivity index (χ1n) is 9.16. The summed E-state index contributed by atoms with van der Waals surface area (Å²) in [5.41, 5.74) is 1.93. The highest BCUT2D eigenvalue weighted by atomic mass is 32.2. The fourth-order valence-corrected chi connectivity index (χ4v) is 4.96. The predicted molar refractivity (Wildman–Crippen MR) is 109 cm³/mol. The van der Waals surface area contributed by atoms with Crippen molar-refractivity contribution in [2.45, 2.75) is 43.6 Å². The first-order chi connectivity index (χ1) is 13.5. The Morgan fingerprint density at radius 2 is 2.14 bits per heavy atom. The number of hydrogen-bond acceptors (Lipinski definition) is 6. The van der Waals surface area contributed by atoms with E-state index < -0.39 is 5.25 Å². The number of amides is 1. The number of carbonyl (C=O) groups excluding carboxylic acids is 1. The molecule has 0 spiro atoms. The standard InChI is InChI=1S/C20H20FN3O2S2/c1-11-3-8-16-13(9-11)10-17(28-16)19-23-24-20(26-19)27-12(2)18(25)22-15-6-4-14(21)5-7-15/h4-7,10-12H,3,8-9H2,1-2H3,(H,22,25)/t11-,12+/m0/s1. The number of fused-ring (bicyclic) bond motifs is 1. The Bertz CT molecular complexity index is 984. The van der Waals surface area contributed by atoms with Crippen molar-refractivity contribution in [2.75, 3.05) is 5.32 Å². The molecule has 0 radical (unpaired) electrons. The average molecular weight is 418 g/mol. The number of rotatable bonds is 5. The van der Waals surface area contributed by atoms with Crippen molar-refractivity contribution in [3.63, 3.8) is 0 Å². The lowest BCUT2D eigenvalue weighted by molar-refractivity contribution is -0.115. The van der Waals surface area contributed by atoms with Gasteiger partial charge in [-0.1, -0.05) is 18.7 Å². The van der Waals surface area contributed by atoms with Crippen molar-refractivity contribution in [3.05, 3.63) is 46.6 Å². The molecule has 4 rings (SSSR count). The van der Waals surface area contributed by atoms with Gasteiger partial charge in [-0.15, -0.1) is 21.5 Å². The van der Waals surface area contributed by atoms with Crippen LogP contribution >= 0.6 is 23.1 Å². The number of aryl methyl sites for hydroxylation is 1. The third kappa shape index (κ3) is 4.28. The van der Waals surface area contributed by atoms with Crippen LogP contribution in [0, 0.1) is 11.7 Å². The molecule has 146 valence electrons. The van der Waals surface area contributed by atoms with Gasteiger partial charge in [0.1, 0.15) is 5.82 Å². The normalized spacial score (nSPS) is 17.2. The van der Waals surface area contributed by atoms with Crippen molar-refractivity contribution >= 4 is 34.7 Å². The van der Waals surface area contributed by atoms with Crippen LogP contribution in [0.3, 0.4) is 0 Å². The van der Waals surface area contributed by atoms with Crippen LogP contribution < -0.4 is 5.32 Å². The molecule has 0 saturated carbocycles. The highest BCUT2D eigenvalue weighted by Crippen LogP contribution is 2.37. The number of anilines is 1. The number of nitrogens with one attached hydrogen (secondary N) is 1. The summed E-state index contributed by atoms with van der Waals surface area (Å²) in [7, 11) is 0. The van der Waals surface area contributed by atoms with E-state index in [4.69, 9.17) is 4.42 Å². The second kappa shape index (κ2) is 8.05. The Balaban J connectivity index is 1.40. The van der Waals surface area contributed by atoms with Crippen LogP contribution in [0.2, 0.25) is 0 Å². The van der Waals surface area contributed by atoms with E-state index in [1.807, 2.05) is 0 Å². The molecule has 1 aromatic carbocycles. The number of aromatic nitrogens is 2. The molecule has 2 aromatic heterocycles. The summed E-state index contributed by atoms with van der Waals surface area (Å²) in [4.78, 5) is 14.7. The zero-order valence-corrected chi connectivity index (χ0v) is 17.2. The molecule has 3 aromatic rings. The molecule has 0 bridgehead atoms. The van der Waals surface area contributed by atoms with Crippen LogP contribution in [0.15, 0.2) is 40.0 Å². The van der Waals surface area contributed by atoms with Crippen molar-refractivity contribution < 1.29 is 13.6 Å². The molecule has 0 unspecified atom stereocenters. The van der Waals surface area contributed by atoms with Crippen LogP contribution in [0.4, 0.5) is 10.1 Å². The van der Waals surface area contributed by atoms with E-state index in [9.17, 15) is 9.18 Å². The van der Waals surface area contributed by atoms with Gasteiger partial charge in [0.2, 0.25) is 5.91 Å². The smallest absolute Gasteiger partial charge is 0.277 e. The topological polar surface area (TPSA) is 68.0 Å². The third-order valence-corrected chi connectivity index (χ3v) is 6.86. The molecule has 0 aliphatic heterocycles. The van der Waals surface area contributed by atoms with Gasteiger partial charge in [0.15, 0.2) is 0 Å². The molecule has 8 heteroatoms. The van der Waals surface area contributed by atoms with E-state index in [0.29, 0.717) is 22.7 Å². The van der Waals surface area contributed by atoms with E-state index in [1.165, 1.54) is 52.9 Å². The van der Waals surface area contributed by atoms with Crippen molar-refractivity contribution in [2.24, 2.45) is 5.92 Å². The maximum absolute atomic E-state index is 13.0. The lowest BCUT2D eigenvalue weighted by atomic mass is 9.90. The predicted octanol–water partition coefficient (Wildman–Crippen LogP) is 5.18. The molecule has 0 fully saturated rings. The molecule has 2 atom stereocenters. The van der Waals surface area contributed by atoms with Crippen LogP contribution in [0.25, 0.3) is 10.8 Å². The summed E-state index contributed by atoms with van der Waals surface area (Å²) >= 11 is 2.92. The van der Waals surface area contributed by atoms with E-state index in [2.05, 4.69) is 28.5 Å². The number of hydrogen-bond donors (Lipinski definition) is 1. The van der Waals surface area contributed by atoms with Gasteiger partial charge in [-0.2, -0.15) is 0 Å². The van der Waals surface area contributed by atoms with Gasteiger partial charge in [-0.25, -0.2) is 4.39 Å². The van der Waals surface area contributed by atoms with Crippen LogP contribution in [0.5, 0.6) is 0 Å². The van der Waals surface area contributed by atoms with Gasteiger partial charge < -0.3 is 9.73 Å². The molecule has 1 aliphatic rings. The summed E-state index contributed by atoms with van der Waals surface area (Å²) in [6.45, 7) is 4.04. The number of halogens is 1. The minimum atomic E-state index is -0.434. The molecule has 0 saturated heterocycles. The van der Waals surface area contributed by atoms with Gasteiger partial charge in [-0.05, 0) is 68.0 Å². The van der Waals surface area contributed by atoms with Crippen molar-refractivity contribution in [3.8, 4) is 10.8 Å². The molecule has 28 heavy (non-hydrogen) atoms. The lowest BCUT2D eigenvalue weighted by Gasteiger charge is -2.16. The monoisotopic (exact) mass is 417 g/mol. The number of nitrogens with zero attached hydrogens (tertiary/aromatic N) is 2. The van der Waals surface area contributed by atoms with Crippen LogP contribution in [0.1, 0.15) is 30.7 Å². The number of carbonyl (C=O) groups is 1. The van der Waals surface area contributed by atoms with E-state index >= 15 is 0 Å². The zero-order chi connectivity index (χ0) is 19.7. The molecule has 1 N–H and O–H groups in total. The van der Waals surface area contributed by atoms with Gasteiger partial charge in [0, 0.05) is 10.6 Å². The summed E-state index contributed by atoms with van der Waals surface area (Å²) < 4.78 is 18.7. The van der Waals surface area contributed by atoms with E-state index in [1.54, 1.807) is 18.3 Å². The average Bonchev–Trinajstić information content (AvgIpc) is 3.29. The summed E-state index contributed by atoms with van der Waals surface area (Å²) in [5, 5.41) is 10.9. The van der Waals surface area contributed by atoms with Gasteiger partial charge in [0.25, 0.3) is 11.1 Å². The Labute approximate surface area is 170 Å².